The molecule has 8 nitrogen and oxygen atoms in total. The summed E-state index contributed by atoms with van der Waals surface area (Å²) in [5, 5.41) is 0. The van der Waals surface area contributed by atoms with Gasteiger partial charge in [-0.2, -0.15) is 9.13 Å². The van der Waals surface area contributed by atoms with E-state index in [1.54, 1.807) is 0 Å². The van der Waals surface area contributed by atoms with Gasteiger partial charge in [0.25, 0.3) is 5.91 Å². The Morgan fingerprint density at radius 2 is 1.33 bits per heavy atom. The van der Waals surface area contributed by atoms with E-state index in [2.05, 4.69) is 13.2 Å². The summed E-state index contributed by atoms with van der Waals surface area (Å²) in [5.41, 5.74) is -3.73. The zero-order valence-corrected chi connectivity index (χ0v) is 12.0. The van der Waals surface area contributed by atoms with Crippen molar-refractivity contribution in [3.05, 3.63) is 50.2 Å². The van der Waals surface area contributed by atoms with E-state index in [1.165, 1.54) is 20.8 Å². The van der Waals surface area contributed by atoms with Gasteiger partial charge in [0.05, 0.1) is 0 Å². The van der Waals surface area contributed by atoms with Gasteiger partial charge >= 0.3 is 17.1 Å². The maximum Gasteiger partial charge on any atom is 0.350 e. The standard InChI is InChI=1S/C13H15N3O5/c1-6-9(17)15-11(19)14(8(4)5)12(20)16(13(15)21)10(18)7(2)3/h2,4,6H2,1,3,5H3. The van der Waals surface area contributed by atoms with Crippen molar-refractivity contribution in [2.45, 2.75) is 27.2 Å². The lowest BCUT2D eigenvalue weighted by Crippen LogP contribution is -2.57. The molecule has 0 aliphatic rings. The highest BCUT2D eigenvalue weighted by atomic mass is 16.2. The number of rotatable bonds is 3. The molecule has 0 aromatic carbocycles. The summed E-state index contributed by atoms with van der Waals surface area (Å²) in [6, 6.07) is 0. The lowest BCUT2D eigenvalue weighted by molar-refractivity contribution is 0.0883. The fourth-order valence-electron chi connectivity index (χ4n) is 1.61. The minimum Gasteiger partial charge on any atom is -0.274 e. The second-order valence-electron chi connectivity index (χ2n) is 4.42. The summed E-state index contributed by atoms with van der Waals surface area (Å²) < 4.78 is 0.943. The minimum atomic E-state index is -1.30. The maximum absolute atomic E-state index is 12.1. The Kier molecular flexibility index (Phi) is 4.42. The first kappa shape index (κ1) is 16.3. The first-order chi connectivity index (χ1) is 9.64. The number of allylic oxidation sites excluding steroid dienone is 2. The lowest BCUT2D eigenvalue weighted by Gasteiger charge is -2.11. The Bertz CT molecular complexity index is 835. The molecule has 0 spiro atoms. The van der Waals surface area contributed by atoms with E-state index < -0.39 is 28.9 Å². The second kappa shape index (κ2) is 5.70. The summed E-state index contributed by atoms with van der Waals surface area (Å²) in [4.78, 5) is 60.1. The molecule has 0 radical (unpaired) electrons. The Labute approximate surface area is 119 Å². The van der Waals surface area contributed by atoms with Crippen molar-refractivity contribution >= 4 is 17.5 Å². The quantitative estimate of drug-likeness (QED) is 0.726. The number of hydrogen-bond acceptors (Lipinski definition) is 5. The highest BCUT2D eigenvalue weighted by Crippen LogP contribution is 1.93. The fraction of sp³-hybridized carbons (Fsp3) is 0.308. The molecule has 0 atom stereocenters. The van der Waals surface area contributed by atoms with Crippen molar-refractivity contribution in [3.63, 3.8) is 0 Å². The third-order valence-corrected chi connectivity index (χ3v) is 2.65. The zero-order valence-electron chi connectivity index (χ0n) is 12.0. The molecular weight excluding hydrogens is 278 g/mol. The molecule has 1 heterocycles. The van der Waals surface area contributed by atoms with Crippen LogP contribution in [0.1, 0.15) is 36.8 Å². The smallest absolute Gasteiger partial charge is 0.274 e. The zero-order chi connectivity index (χ0) is 16.5. The van der Waals surface area contributed by atoms with Crippen LogP contribution in [0.5, 0.6) is 0 Å². The van der Waals surface area contributed by atoms with Crippen LogP contribution in [0.2, 0.25) is 0 Å². The minimum absolute atomic E-state index is 0.0223. The number of carbonyl (C=O) groups is 2. The van der Waals surface area contributed by atoms with Crippen LogP contribution in [-0.2, 0) is 0 Å². The SMILES string of the molecule is C=C(C)C(=O)n1c(=O)n(C(=C)C)c(=O)n(C(=O)CC)c1=O. The summed E-state index contributed by atoms with van der Waals surface area (Å²) in [7, 11) is 0. The van der Waals surface area contributed by atoms with Crippen LogP contribution in [0, 0.1) is 0 Å². The van der Waals surface area contributed by atoms with Gasteiger partial charge in [-0.3, -0.25) is 9.59 Å². The number of nitrogens with zero attached hydrogens (tertiary/aromatic N) is 3. The molecule has 0 N–H and O–H groups in total. The summed E-state index contributed by atoms with van der Waals surface area (Å²) in [5.74, 6) is -1.82. The Morgan fingerprint density at radius 3 is 1.71 bits per heavy atom. The Balaban J connectivity index is 4.10. The largest absolute Gasteiger partial charge is 0.350 e. The van der Waals surface area contributed by atoms with E-state index in [0.717, 1.165) is 0 Å². The van der Waals surface area contributed by atoms with Crippen LogP contribution in [0.3, 0.4) is 0 Å². The molecular formula is C13H15N3O5. The van der Waals surface area contributed by atoms with Gasteiger partial charge in [0.2, 0.25) is 5.91 Å². The molecule has 1 aromatic heterocycles. The molecule has 1 aromatic rings. The lowest BCUT2D eigenvalue weighted by atomic mass is 10.3. The van der Waals surface area contributed by atoms with E-state index in [0.29, 0.717) is 4.57 Å². The van der Waals surface area contributed by atoms with E-state index in [-0.39, 0.29) is 26.8 Å². The third kappa shape index (κ3) is 2.60. The molecule has 0 bridgehead atoms. The molecule has 0 saturated carbocycles. The predicted octanol–water partition coefficient (Wildman–Crippen LogP) is -0.0712. The van der Waals surface area contributed by atoms with Crippen molar-refractivity contribution in [2.75, 3.05) is 0 Å². The number of aromatic nitrogens is 3. The third-order valence-electron chi connectivity index (χ3n) is 2.65. The highest BCUT2D eigenvalue weighted by molar-refractivity contribution is 5.94. The van der Waals surface area contributed by atoms with Crippen LogP contribution >= 0.6 is 0 Å². The molecule has 1 rings (SSSR count). The van der Waals surface area contributed by atoms with Gasteiger partial charge < -0.3 is 0 Å². The molecule has 8 heteroatoms. The average Bonchev–Trinajstić information content (AvgIpc) is 2.37. The van der Waals surface area contributed by atoms with Crippen LogP contribution in [0.25, 0.3) is 5.70 Å². The molecule has 0 aliphatic carbocycles. The van der Waals surface area contributed by atoms with Crippen molar-refractivity contribution in [3.8, 4) is 0 Å². The Morgan fingerprint density at radius 1 is 0.905 bits per heavy atom. The molecule has 0 unspecified atom stereocenters. The molecule has 0 aliphatic heterocycles. The van der Waals surface area contributed by atoms with E-state index in [1.807, 2.05) is 0 Å². The molecule has 21 heavy (non-hydrogen) atoms. The first-order valence-corrected chi connectivity index (χ1v) is 6.05. The first-order valence-electron chi connectivity index (χ1n) is 6.05. The van der Waals surface area contributed by atoms with Gasteiger partial charge in [0.15, 0.2) is 0 Å². The van der Waals surface area contributed by atoms with Crippen molar-refractivity contribution in [1.29, 1.82) is 0 Å². The summed E-state index contributed by atoms with van der Waals surface area (Å²) in [6.45, 7) is 10.9. The van der Waals surface area contributed by atoms with Gasteiger partial charge in [0, 0.05) is 17.7 Å². The highest BCUT2D eigenvalue weighted by Gasteiger charge is 2.23. The summed E-state index contributed by atoms with van der Waals surface area (Å²) >= 11 is 0. The van der Waals surface area contributed by atoms with E-state index >= 15 is 0 Å². The van der Waals surface area contributed by atoms with Crippen molar-refractivity contribution < 1.29 is 9.59 Å². The molecule has 0 saturated heterocycles. The second-order valence-corrected chi connectivity index (χ2v) is 4.42. The predicted molar refractivity (Wildman–Crippen MR) is 76.6 cm³/mol. The van der Waals surface area contributed by atoms with E-state index in [9.17, 15) is 24.0 Å². The van der Waals surface area contributed by atoms with Gasteiger partial charge in [-0.15, -0.1) is 0 Å². The Hall–Kier alpha value is -2.77. The maximum atomic E-state index is 12.1. The normalized spacial score (nSPS) is 10.2. The van der Waals surface area contributed by atoms with Crippen LogP contribution in [-0.4, -0.2) is 25.5 Å². The monoisotopic (exact) mass is 293 g/mol. The van der Waals surface area contributed by atoms with Crippen molar-refractivity contribution in [1.82, 2.24) is 13.7 Å². The molecule has 112 valence electrons. The van der Waals surface area contributed by atoms with Gasteiger partial charge in [-0.25, -0.2) is 19.0 Å². The van der Waals surface area contributed by atoms with Crippen LogP contribution in [0.15, 0.2) is 33.1 Å². The number of hydrogen-bond donors (Lipinski definition) is 0. The molecule has 0 fully saturated rings. The van der Waals surface area contributed by atoms with E-state index in [4.69, 9.17) is 0 Å². The topological polar surface area (TPSA) is 100 Å². The molecule has 0 amide bonds. The average molecular weight is 293 g/mol. The van der Waals surface area contributed by atoms with Crippen molar-refractivity contribution in [2.24, 2.45) is 0 Å². The van der Waals surface area contributed by atoms with Crippen LogP contribution < -0.4 is 17.1 Å². The number of carbonyl (C=O) groups excluding carboxylic acids is 2. The van der Waals surface area contributed by atoms with Gasteiger partial charge in [-0.1, -0.05) is 20.1 Å². The summed E-state index contributed by atoms with van der Waals surface area (Å²) in [6.07, 6.45) is -0.148. The van der Waals surface area contributed by atoms with Gasteiger partial charge in [-0.05, 0) is 13.8 Å². The van der Waals surface area contributed by atoms with Crippen LogP contribution in [0.4, 0.5) is 0 Å². The fourth-order valence-corrected chi connectivity index (χ4v) is 1.61. The van der Waals surface area contributed by atoms with Gasteiger partial charge in [0.1, 0.15) is 0 Å².